The largest absolute Gasteiger partial charge is 0.350 e. The van der Waals surface area contributed by atoms with E-state index in [4.69, 9.17) is 12.2 Å². The van der Waals surface area contributed by atoms with Crippen LogP contribution in [0.3, 0.4) is 0 Å². The molecule has 3 rings (SSSR count). The molecule has 1 aliphatic heterocycles. The van der Waals surface area contributed by atoms with E-state index in [9.17, 15) is 9.59 Å². The molecular formula is C16H15N3O2S. The van der Waals surface area contributed by atoms with Gasteiger partial charge in [-0.3, -0.25) is 19.8 Å². The first-order valence-corrected chi connectivity index (χ1v) is 7.36. The molecular weight excluding hydrogens is 298 g/mol. The van der Waals surface area contributed by atoms with Crippen LogP contribution in [0.25, 0.3) is 17.0 Å². The van der Waals surface area contributed by atoms with E-state index in [1.54, 1.807) is 6.08 Å². The Morgan fingerprint density at radius 2 is 2.00 bits per heavy atom. The minimum Gasteiger partial charge on any atom is -0.350 e. The number of aromatic nitrogens is 1. The van der Waals surface area contributed by atoms with E-state index in [-0.39, 0.29) is 16.6 Å². The van der Waals surface area contributed by atoms with Crippen LogP contribution in [0.5, 0.6) is 0 Å². The van der Waals surface area contributed by atoms with Gasteiger partial charge in [0.15, 0.2) is 5.11 Å². The van der Waals surface area contributed by atoms with E-state index < -0.39 is 5.91 Å². The van der Waals surface area contributed by atoms with Gasteiger partial charge in [-0.2, -0.15) is 0 Å². The number of hydrogen-bond donors (Lipinski definition) is 1. The summed E-state index contributed by atoms with van der Waals surface area (Å²) in [5.74, 6) is -0.809. The Kier molecular flexibility index (Phi) is 3.54. The standard InChI is InChI=1S/C16H15N3O2S/c1-3-19-15(21)12(14(20)17-16(19)22)8-10-9-18(2)13-7-5-4-6-11(10)13/h4-9H,3H2,1-2H3,(H,17,20,22). The number of carbonyl (C=O) groups is 2. The summed E-state index contributed by atoms with van der Waals surface area (Å²) in [6, 6.07) is 7.85. The summed E-state index contributed by atoms with van der Waals surface area (Å²) >= 11 is 5.02. The van der Waals surface area contributed by atoms with E-state index in [0.29, 0.717) is 6.54 Å². The number of amides is 2. The number of benzene rings is 1. The van der Waals surface area contributed by atoms with Gasteiger partial charge < -0.3 is 4.57 Å². The number of thiocarbonyl (C=S) groups is 1. The third-order valence-electron chi connectivity index (χ3n) is 3.73. The minimum absolute atomic E-state index is 0.104. The summed E-state index contributed by atoms with van der Waals surface area (Å²) in [6.45, 7) is 2.24. The zero-order valence-corrected chi connectivity index (χ0v) is 13.1. The number of para-hydroxylation sites is 1. The van der Waals surface area contributed by atoms with E-state index in [2.05, 4.69) is 5.32 Å². The van der Waals surface area contributed by atoms with Crippen molar-refractivity contribution in [2.45, 2.75) is 6.92 Å². The SMILES string of the molecule is CCN1C(=O)C(=Cc2cn(C)c3ccccc23)C(=O)NC1=S. The van der Waals surface area contributed by atoms with Gasteiger partial charge >= 0.3 is 0 Å². The number of aryl methyl sites for hydroxylation is 1. The van der Waals surface area contributed by atoms with Crippen LogP contribution >= 0.6 is 12.2 Å². The Hall–Kier alpha value is -2.47. The highest BCUT2D eigenvalue weighted by atomic mass is 32.1. The molecule has 1 N–H and O–H groups in total. The molecule has 5 nitrogen and oxygen atoms in total. The predicted octanol–water partition coefficient (Wildman–Crippen LogP) is 1.82. The fourth-order valence-electron chi connectivity index (χ4n) is 2.62. The first kappa shape index (κ1) is 14.5. The maximum atomic E-state index is 12.4. The molecule has 0 radical (unpaired) electrons. The van der Waals surface area contributed by atoms with Crippen molar-refractivity contribution in [2.75, 3.05) is 6.54 Å². The van der Waals surface area contributed by atoms with Crippen molar-refractivity contribution in [3.05, 3.63) is 41.6 Å². The van der Waals surface area contributed by atoms with Gasteiger partial charge in [0, 0.05) is 36.3 Å². The Morgan fingerprint density at radius 3 is 2.73 bits per heavy atom. The van der Waals surface area contributed by atoms with Crippen molar-refractivity contribution in [2.24, 2.45) is 7.05 Å². The Morgan fingerprint density at radius 1 is 1.27 bits per heavy atom. The van der Waals surface area contributed by atoms with Crippen molar-refractivity contribution in [1.29, 1.82) is 0 Å². The van der Waals surface area contributed by atoms with Crippen molar-refractivity contribution in [3.8, 4) is 0 Å². The normalized spacial score (nSPS) is 17.5. The Labute approximate surface area is 133 Å². The number of hydrogen-bond acceptors (Lipinski definition) is 3. The predicted molar refractivity (Wildman–Crippen MR) is 89.0 cm³/mol. The van der Waals surface area contributed by atoms with Crippen LogP contribution in [0.1, 0.15) is 12.5 Å². The average molecular weight is 313 g/mol. The van der Waals surface area contributed by atoms with E-state index in [1.165, 1.54) is 4.90 Å². The molecule has 1 fully saturated rings. The number of likely N-dealkylation sites (N-methyl/N-ethyl adjacent to an activating group) is 1. The first-order valence-electron chi connectivity index (χ1n) is 6.96. The molecule has 2 aromatic rings. The molecule has 1 saturated heterocycles. The fraction of sp³-hybridized carbons (Fsp3) is 0.188. The lowest BCUT2D eigenvalue weighted by atomic mass is 10.1. The van der Waals surface area contributed by atoms with Crippen LogP contribution in [0.2, 0.25) is 0 Å². The Balaban J connectivity index is 2.11. The fourth-order valence-corrected chi connectivity index (χ4v) is 2.93. The van der Waals surface area contributed by atoms with Crippen LogP contribution in [0.4, 0.5) is 0 Å². The lowest BCUT2D eigenvalue weighted by molar-refractivity contribution is -0.128. The van der Waals surface area contributed by atoms with Crippen LogP contribution < -0.4 is 5.32 Å². The maximum Gasteiger partial charge on any atom is 0.265 e. The van der Waals surface area contributed by atoms with Crippen LogP contribution in [0, 0.1) is 0 Å². The van der Waals surface area contributed by atoms with Gasteiger partial charge in [-0.15, -0.1) is 0 Å². The average Bonchev–Trinajstić information content (AvgIpc) is 2.81. The van der Waals surface area contributed by atoms with Gasteiger partial charge in [-0.05, 0) is 31.3 Å². The molecule has 1 aliphatic rings. The lowest BCUT2D eigenvalue weighted by Crippen LogP contribution is -2.53. The first-order chi connectivity index (χ1) is 10.5. The highest BCUT2D eigenvalue weighted by Crippen LogP contribution is 2.24. The molecule has 0 atom stereocenters. The maximum absolute atomic E-state index is 12.4. The summed E-state index contributed by atoms with van der Waals surface area (Å²) in [4.78, 5) is 25.9. The van der Waals surface area contributed by atoms with Gasteiger partial charge in [0.05, 0.1) is 0 Å². The summed E-state index contributed by atoms with van der Waals surface area (Å²) in [5, 5.41) is 3.71. The van der Waals surface area contributed by atoms with E-state index in [0.717, 1.165) is 16.5 Å². The summed E-state index contributed by atoms with van der Waals surface area (Å²) in [7, 11) is 1.93. The van der Waals surface area contributed by atoms with Crippen LogP contribution in [-0.2, 0) is 16.6 Å². The number of fused-ring (bicyclic) bond motifs is 1. The zero-order valence-electron chi connectivity index (χ0n) is 12.3. The number of nitrogens with one attached hydrogen (secondary N) is 1. The topological polar surface area (TPSA) is 54.3 Å². The minimum atomic E-state index is -0.451. The smallest absolute Gasteiger partial charge is 0.265 e. The second-order valence-electron chi connectivity index (χ2n) is 5.08. The monoisotopic (exact) mass is 313 g/mol. The molecule has 6 heteroatoms. The molecule has 1 aromatic carbocycles. The van der Waals surface area contributed by atoms with E-state index >= 15 is 0 Å². The highest BCUT2D eigenvalue weighted by Gasteiger charge is 2.32. The highest BCUT2D eigenvalue weighted by molar-refractivity contribution is 7.80. The third kappa shape index (κ3) is 2.21. The van der Waals surface area contributed by atoms with E-state index in [1.807, 2.05) is 49.0 Å². The van der Waals surface area contributed by atoms with Gasteiger partial charge in [-0.1, -0.05) is 18.2 Å². The molecule has 22 heavy (non-hydrogen) atoms. The molecule has 0 unspecified atom stereocenters. The molecule has 0 bridgehead atoms. The second-order valence-corrected chi connectivity index (χ2v) is 5.47. The summed E-state index contributed by atoms with van der Waals surface area (Å²) < 4.78 is 1.97. The second kappa shape index (κ2) is 5.38. The summed E-state index contributed by atoms with van der Waals surface area (Å²) in [6.07, 6.45) is 3.53. The third-order valence-corrected chi connectivity index (χ3v) is 4.05. The van der Waals surface area contributed by atoms with Crippen molar-refractivity contribution >= 4 is 46.1 Å². The Bertz CT molecular complexity index is 835. The molecule has 2 amide bonds. The number of carbonyl (C=O) groups excluding carboxylic acids is 2. The molecule has 112 valence electrons. The molecule has 0 spiro atoms. The van der Waals surface area contributed by atoms with Crippen molar-refractivity contribution in [1.82, 2.24) is 14.8 Å². The van der Waals surface area contributed by atoms with Gasteiger partial charge in [0.2, 0.25) is 0 Å². The van der Waals surface area contributed by atoms with Crippen LogP contribution in [-0.4, -0.2) is 32.9 Å². The summed E-state index contributed by atoms with van der Waals surface area (Å²) in [5.41, 5.74) is 1.98. The molecule has 2 heterocycles. The van der Waals surface area contributed by atoms with Gasteiger partial charge in [-0.25, -0.2) is 0 Å². The van der Waals surface area contributed by atoms with Gasteiger partial charge in [0.25, 0.3) is 11.8 Å². The molecule has 1 aromatic heterocycles. The van der Waals surface area contributed by atoms with Gasteiger partial charge in [0.1, 0.15) is 5.57 Å². The number of rotatable bonds is 2. The quantitative estimate of drug-likeness (QED) is 0.523. The van der Waals surface area contributed by atoms with Crippen molar-refractivity contribution in [3.63, 3.8) is 0 Å². The lowest BCUT2D eigenvalue weighted by Gasteiger charge is -2.27. The zero-order chi connectivity index (χ0) is 15.9. The number of nitrogens with zero attached hydrogens (tertiary/aromatic N) is 2. The van der Waals surface area contributed by atoms with Crippen LogP contribution in [0.15, 0.2) is 36.0 Å². The molecule has 0 saturated carbocycles. The van der Waals surface area contributed by atoms with Crippen molar-refractivity contribution < 1.29 is 9.59 Å². The molecule has 0 aliphatic carbocycles.